The van der Waals surface area contributed by atoms with Gasteiger partial charge in [-0.05, 0) is 60.1 Å². The fraction of sp³-hybridized carbons (Fsp3) is 0.474. The van der Waals surface area contributed by atoms with E-state index < -0.39 is 30.0 Å². The van der Waals surface area contributed by atoms with E-state index in [1.165, 1.54) is 36.4 Å². The fourth-order valence-electron chi connectivity index (χ4n) is 5.50. The molecule has 0 aliphatic carbocycles. The number of nitrogens with one attached hydrogen (secondary N) is 6. The standard InChI is InChI=1S/C38H56N12O12S2.2Na/c1-3-25(23-53)21-41-35-45-33(39-11-15-61-17-13-51)47-37(49-35)43-29-9-7-27(31(19-29)63(55,56)57)5-6-28-8-10-30(20-32(28)64(58,59)60)44-38-48-34(40-12-16-62-18-14-52)46-36(50-38)42-22-26(4-2)24-54;;/h5-10,19-20,25-26,51-54H,3-4,11-18,21-24H2,1-2H3,(H,55,56,57)(H,58,59,60)(H3,39,41,43,45,47,49)(H3,40,42,44,46,48,50);;/q;2*+1/p-2/b6-5+;;. The minimum Gasteiger partial charge on any atom is -0.744 e. The molecule has 0 spiro atoms. The first-order chi connectivity index (χ1) is 30.7. The Kier molecular flexibility index (Phi) is 26.8. The Bertz CT molecular complexity index is 2190. The molecule has 2 atom stereocenters. The van der Waals surface area contributed by atoms with Gasteiger partial charge in [-0.15, -0.1) is 0 Å². The number of hydrogen-bond acceptors (Lipinski definition) is 24. The van der Waals surface area contributed by atoms with Crippen molar-refractivity contribution in [3.05, 3.63) is 47.5 Å². The van der Waals surface area contributed by atoms with Crippen molar-refractivity contribution in [2.45, 2.75) is 36.5 Å². The van der Waals surface area contributed by atoms with Gasteiger partial charge in [0.1, 0.15) is 20.2 Å². The van der Waals surface area contributed by atoms with Gasteiger partial charge in [-0.1, -0.05) is 38.1 Å². The minimum atomic E-state index is -5.15. The van der Waals surface area contributed by atoms with E-state index in [2.05, 4.69) is 61.8 Å². The maximum Gasteiger partial charge on any atom is 1.00 e. The predicted octanol–water partition coefficient (Wildman–Crippen LogP) is -4.77. The van der Waals surface area contributed by atoms with Crippen molar-refractivity contribution in [3.8, 4) is 0 Å². The monoisotopic (exact) mass is 980 g/mol. The van der Waals surface area contributed by atoms with E-state index in [4.69, 9.17) is 19.7 Å². The van der Waals surface area contributed by atoms with Crippen LogP contribution in [0, 0.1) is 11.8 Å². The maximum absolute atomic E-state index is 12.5. The number of hydrogen-bond donors (Lipinski definition) is 10. The van der Waals surface area contributed by atoms with Crippen LogP contribution in [0.3, 0.4) is 0 Å². The molecular formula is C38H54N12Na2O12S2. The Hall–Kier alpha value is -3.42. The summed E-state index contributed by atoms with van der Waals surface area (Å²) < 4.78 is 85.8. The summed E-state index contributed by atoms with van der Waals surface area (Å²) in [5.41, 5.74) is -0.0870. The second kappa shape index (κ2) is 30.1. The van der Waals surface area contributed by atoms with Crippen LogP contribution < -0.4 is 91.0 Å². The zero-order valence-corrected chi connectivity index (χ0v) is 42.9. The normalized spacial score (nSPS) is 12.4. The number of rotatable bonds is 30. The SMILES string of the molecule is CCC(CO)CNc1nc(NCCOCCO)nc(Nc2ccc(/C=C/c3ccc(Nc4nc(NCCOCCO)nc(NCC(CC)CO)n4)cc3S(=O)(=O)[O-])c(S(=O)(=O)[O-])c2)n1.[Na+].[Na+]. The van der Waals surface area contributed by atoms with Gasteiger partial charge in [0.15, 0.2) is 0 Å². The Labute approximate surface area is 427 Å². The average molecular weight is 981 g/mol. The van der Waals surface area contributed by atoms with Gasteiger partial charge in [0.05, 0.1) is 49.4 Å². The van der Waals surface area contributed by atoms with Crippen LogP contribution in [0.4, 0.5) is 47.1 Å². The molecule has 0 bridgehead atoms. The molecule has 4 rings (SSSR count). The van der Waals surface area contributed by atoms with Crippen LogP contribution in [-0.2, 0) is 29.7 Å². The van der Waals surface area contributed by atoms with Crippen molar-refractivity contribution < 1.29 is 115 Å². The van der Waals surface area contributed by atoms with Gasteiger partial charge in [-0.3, -0.25) is 0 Å². The van der Waals surface area contributed by atoms with Crippen molar-refractivity contribution >= 4 is 79.5 Å². The van der Waals surface area contributed by atoms with Crippen molar-refractivity contribution in [3.63, 3.8) is 0 Å². The number of ether oxygens (including phenoxy) is 2. The number of aromatic nitrogens is 6. The first-order valence-corrected chi connectivity index (χ1v) is 23.0. The molecule has 28 heteroatoms. The number of aliphatic hydroxyl groups excluding tert-OH is 4. The molecule has 2 unspecified atom stereocenters. The number of anilines is 8. The second-order valence-corrected chi connectivity index (χ2v) is 16.5. The third-order valence-corrected chi connectivity index (χ3v) is 10.9. The van der Waals surface area contributed by atoms with E-state index in [1.54, 1.807) is 0 Å². The molecule has 2 heterocycles. The summed E-state index contributed by atoms with van der Waals surface area (Å²) in [5.74, 6) is 0.191. The zero-order chi connectivity index (χ0) is 46.5. The molecular weight excluding hydrogens is 927 g/mol. The van der Waals surface area contributed by atoms with Gasteiger partial charge in [-0.25, -0.2) is 16.8 Å². The first kappa shape index (κ1) is 58.7. The van der Waals surface area contributed by atoms with Gasteiger partial charge >= 0.3 is 59.1 Å². The predicted molar refractivity (Wildman–Crippen MR) is 235 cm³/mol. The van der Waals surface area contributed by atoms with Crippen molar-refractivity contribution in [2.75, 3.05) is 111 Å². The molecule has 10 N–H and O–H groups in total. The third kappa shape index (κ3) is 20.0. The number of nitrogens with zero attached hydrogens (tertiary/aromatic N) is 6. The summed E-state index contributed by atoms with van der Waals surface area (Å²) in [6, 6.07) is 7.51. The largest absolute Gasteiger partial charge is 1.00 e. The second-order valence-electron chi connectivity index (χ2n) is 13.8. The quantitative estimate of drug-likeness (QED) is 0.0101. The molecule has 24 nitrogen and oxygen atoms in total. The first-order valence-electron chi connectivity index (χ1n) is 20.2. The maximum atomic E-state index is 12.5. The van der Waals surface area contributed by atoms with Crippen LogP contribution in [0.2, 0.25) is 0 Å². The molecule has 0 amide bonds. The van der Waals surface area contributed by atoms with Gasteiger partial charge in [0, 0.05) is 50.8 Å². The van der Waals surface area contributed by atoms with E-state index in [0.717, 1.165) is 12.1 Å². The molecule has 66 heavy (non-hydrogen) atoms. The molecule has 0 saturated carbocycles. The van der Waals surface area contributed by atoms with Gasteiger partial charge in [-0.2, -0.15) is 29.9 Å². The minimum absolute atomic E-state index is 0. The van der Waals surface area contributed by atoms with Crippen molar-refractivity contribution in [1.82, 2.24) is 29.9 Å². The average Bonchev–Trinajstić information content (AvgIpc) is 3.26. The van der Waals surface area contributed by atoms with Crippen LogP contribution in [-0.4, -0.2) is 155 Å². The summed E-state index contributed by atoms with van der Waals surface area (Å²) >= 11 is 0. The summed E-state index contributed by atoms with van der Waals surface area (Å²) in [6.07, 6.45) is 3.69. The number of aliphatic hydroxyl groups is 4. The molecule has 0 radical (unpaired) electrons. The molecule has 352 valence electrons. The summed E-state index contributed by atoms with van der Waals surface area (Å²) in [6.45, 7) is 5.28. The molecule has 0 aliphatic rings. The van der Waals surface area contributed by atoms with Crippen LogP contribution in [0.25, 0.3) is 12.2 Å². The Morgan fingerprint density at radius 2 is 0.909 bits per heavy atom. The molecule has 2 aromatic heterocycles. The van der Waals surface area contributed by atoms with Gasteiger partial charge < -0.3 is 70.9 Å². The topological polar surface area (TPSA) is 363 Å². The van der Waals surface area contributed by atoms with Crippen LogP contribution in [0.1, 0.15) is 37.8 Å². The Balaban J connectivity index is 0.00000748. The Morgan fingerprint density at radius 3 is 1.23 bits per heavy atom. The Morgan fingerprint density at radius 1 is 0.561 bits per heavy atom. The van der Waals surface area contributed by atoms with E-state index in [9.17, 15) is 36.2 Å². The fourth-order valence-corrected chi connectivity index (χ4v) is 6.89. The number of benzene rings is 2. The van der Waals surface area contributed by atoms with Crippen LogP contribution >= 0.6 is 0 Å². The van der Waals surface area contributed by atoms with Crippen LogP contribution in [0.5, 0.6) is 0 Å². The molecule has 2 aromatic carbocycles. The smallest absolute Gasteiger partial charge is 0.744 e. The van der Waals surface area contributed by atoms with E-state index in [1.807, 2.05) is 13.8 Å². The zero-order valence-electron chi connectivity index (χ0n) is 37.2. The summed E-state index contributed by atoms with van der Waals surface area (Å²) in [4.78, 5) is 24.6. The van der Waals surface area contributed by atoms with E-state index in [0.29, 0.717) is 25.9 Å². The molecule has 0 saturated heterocycles. The van der Waals surface area contributed by atoms with Crippen molar-refractivity contribution in [1.29, 1.82) is 0 Å². The van der Waals surface area contributed by atoms with E-state index in [-0.39, 0.29) is 195 Å². The van der Waals surface area contributed by atoms with Crippen LogP contribution in [0.15, 0.2) is 46.2 Å². The van der Waals surface area contributed by atoms with E-state index >= 15 is 0 Å². The van der Waals surface area contributed by atoms with Gasteiger partial charge in [0.25, 0.3) is 0 Å². The third-order valence-electron chi connectivity index (χ3n) is 9.09. The molecule has 0 fully saturated rings. The van der Waals surface area contributed by atoms with Gasteiger partial charge in [0.2, 0.25) is 35.7 Å². The molecule has 0 aliphatic heterocycles. The summed E-state index contributed by atoms with van der Waals surface area (Å²) in [5, 5.41) is 54.9. The van der Waals surface area contributed by atoms with Crippen molar-refractivity contribution in [2.24, 2.45) is 11.8 Å². The molecule has 4 aromatic rings. The summed E-state index contributed by atoms with van der Waals surface area (Å²) in [7, 11) is -10.3.